The van der Waals surface area contributed by atoms with Crippen molar-refractivity contribution < 1.29 is 27.5 Å². The Kier molecular flexibility index (Phi) is 8.33. The summed E-state index contributed by atoms with van der Waals surface area (Å²) in [7, 11) is 1.57. The summed E-state index contributed by atoms with van der Waals surface area (Å²) < 4.78 is 47.1. The second kappa shape index (κ2) is 12.1. The maximum absolute atomic E-state index is 13.1. The summed E-state index contributed by atoms with van der Waals surface area (Å²) >= 11 is -0.657. The predicted octanol–water partition coefficient (Wildman–Crippen LogP) is 5.23. The van der Waals surface area contributed by atoms with E-state index in [1.807, 2.05) is 30.3 Å². The Bertz CT molecular complexity index is 1740. The molecule has 3 aromatic carbocycles. The molecule has 11 heteroatoms. The number of carbonyl (C=O) groups is 2. The van der Waals surface area contributed by atoms with Crippen LogP contribution >= 0.6 is 0 Å². The van der Waals surface area contributed by atoms with Gasteiger partial charge in [0, 0.05) is 5.56 Å². The number of aromatic nitrogens is 3. The number of rotatable bonds is 9. The average Bonchev–Trinajstić information content (AvgIpc) is 3.40. The van der Waals surface area contributed by atoms with Crippen LogP contribution in [0.15, 0.2) is 91.3 Å². The van der Waals surface area contributed by atoms with Gasteiger partial charge in [0.1, 0.15) is 0 Å². The monoisotopic (exact) mass is 619 g/mol. The van der Waals surface area contributed by atoms with Crippen LogP contribution in [0.1, 0.15) is 22.3 Å². The second-order valence-corrected chi connectivity index (χ2v) is 11.6. The van der Waals surface area contributed by atoms with Crippen LogP contribution in [0.3, 0.4) is 0 Å². The quantitative estimate of drug-likeness (QED) is 0.229. The molecule has 0 fully saturated rings. The summed E-state index contributed by atoms with van der Waals surface area (Å²) in [6, 6.07) is 20.8. The summed E-state index contributed by atoms with van der Waals surface area (Å²) in [6.07, 6.45) is -0.779. The van der Waals surface area contributed by atoms with Crippen molar-refractivity contribution in [2.24, 2.45) is 0 Å². The third-order valence-corrected chi connectivity index (χ3v) is 8.32. The van der Waals surface area contributed by atoms with E-state index in [1.54, 1.807) is 48.3 Å². The van der Waals surface area contributed by atoms with E-state index in [0.29, 0.717) is 30.1 Å². The number of amides is 1. The molecule has 2 heterocycles. The summed E-state index contributed by atoms with van der Waals surface area (Å²) in [5.74, 6) is -0.655. The fraction of sp³-hybridized carbons (Fsp3) is 0.133. The molecular formula is C30H23AsF3N4O3. The number of hydrogen-bond acceptors (Lipinski definition) is 5. The number of anilines is 1. The van der Waals surface area contributed by atoms with Crippen molar-refractivity contribution in [3.05, 3.63) is 102 Å². The van der Waals surface area contributed by atoms with Gasteiger partial charge in [-0.25, -0.2) is 0 Å². The Morgan fingerprint density at radius 1 is 0.976 bits per heavy atom. The van der Waals surface area contributed by atoms with Crippen molar-refractivity contribution in [2.75, 3.05) is 19.0 Å². The van der Waals surface area contributed by atoms with Crippen molar-refractivity contribution >= 4 is 41.9 Å². The molecule has 0 saturated carbocycles. The van der Waals surface area contributed by atoms with E-state index in [-0.39, 0.29) is 10.1 Å². The number of alkyl halides is 3. The van der Waals surface area contributed by atoms with Crippen LogP contribution in [-0.4, -0.2) is 54.5 Å². The first-order valence-electron chi connectivity index (χ1n) is 12.5. The topological polar surface area (TPSA) is 85.6 Å². The molecule has 0 aliphatic rings. The van der Waals surface area contributed by atoms with Crippen LogP contribution in [0.25, 0.3) is 28.0 Å². The fourth-order valence-corrected chi connectivity index (χ4v) is 6.04. The SMILES string of the molecule is COCCC(=O)[As]c1cccc(-c2cnn3c(-c4cccc(NC(=O)c5cccc(C(F)(F)F)c5)c4)ccnc23)c1. The first kappa shape index (κ1) is 28.3. The van der Waals surface area contributed by atoms with Crippen LogP contribution in [0.5, 0.6) is 0 Å². The standard InChI is InChI=1S/C30H23AsF3N4O3/c1-41-14-12-27(39)31-23-9-3-5-19(16-23)25-18-36-38-26(11-13-35-28(25)38)20-6-4-10-24(17-20)37-29(40)21-7-2-8-22(15-21)30(32,33)34/h2-11,13,15-18H,12,14H2,1H3,(H,37,40). The summed E-state index contributed by atoms with van der Waals surface area (Å²) in [5, 5.41) is 7.23. The number of benzene rings is 3. The van der Waals surface area contributed by atoms with Gasteiger partial charge in [0.25, 0.3) is 0 Å². The van der Waals surface area contributed by atoms with Gasteiger partial charge in [-0.15, -0.1) is 0 Å². The van der Waals surface area contributed by atoms with Gasteiger partial charge < -0.3 is 0 Å². The molecule has 0 aliphatic carbocycles. The van der Waals surface area contributed by atoms with Crippen molar-refractivity contribution in [1.82, 2.24) is 14.6 Å². The molecule has 1 N–H and O–H groups in total. The van der Waals surface area contributed by atoms with Gasteiger partial charge in [0.15, 0.2) is 0 Å². The number of ether oxygens (including phenoxy) is 1. The van der Waals surface area contributed by atoms with Gasteiger partial charge >= 0.3 is 187 Å². The van der Waals surface area contributed by atoms with Gasteiger partial charge in [0.05, 0.1) is 5.56 Å². The Morgan fingerprint density at radius 3 is 2.56 bits per heavy atom. The Morgan fingerprint density at radius 2 is 1.76 bits per heavy atom. The van der Waals surface area contributed by atoms with E-state index in [4.69, 9.17) is 4.74 Å². The Hall–Kier alpha value is -4.27. The minimum atomic E-state index is -4.55. The van der Waals surface area contributed by atoms with E-state index < -0.39 is 33.4 Å². The van der Waals surface area contributed by atoms with Crippen LogP contribution in [0.2, 0.25) is 0 Å². The third kappa shape index (κ3) is 6.56. The zero-order chi connectivity index (χ0) is 29.0. The van der Waals surface area contributed by atoms with E-state index in [1.165, 1.54) is 12.1 Å². The van der Waals surface area contributed by atoms with Crippen LogP contribution in [-0.2, 0) is 15.7 Å². The van der Waals surface area contributed by atoms with Crippen molar-refractivity contribution in [3.63, 3.8) is 0 Å². The number of nitrogens with one attached hydrogen (secondary N) is 1. The van der Waals surface area contributed by atoms with Gasteiger partial charge in [-0.3, -0.25) is 4.79 Å². The molecule has 41 heavy (non-hydrogen) atoms. The molecule has 0 atom stereocenters. The zero-order valence-electron chi connectivity index (χ0n) is 21.7. The average molecular weight is 619 g/mol. The molecule has 0 unspecified atom stereocenters. The van der Waals surface area contributed by atoms with E-state index >= 15 is 0 Å². The fourth-order valence-electron chi connectivity index (χ4n) is 4.24. The summed E-state index contributed by atoms with van der Waals surface area (Å²) in [5.41, 5.74) is 3.14. The zero-order valence-corrected chi connectivity index (χ0v) is 23.6. The number of methoxy groups -OCH3 is 1. The Balaban J connectivity index is 1.41. The van der Waals surface area contributed by atoms with Crippen molar-refractivity contribution in [2.45, 2.75) is 12.6 Å². The molecule has 1 radical (unpaired) electrons. The van der Waals surface area contributed by atoms with Gasteiger partial charge in [0.2, 0.25) is 0 Å². The molecule has 0 bridgehead atoms. The molecule has 0 spiro atoms. The predicted molar refractivity (Wildman–Crippen MR) is 150 cm³/mol. The molecular weight excluding hydrogens is 596 g/mol. The minimum absolute atomic E-state index is 0.0991. The van der Waals surface area contributed by atoms with Crippen LogP contribution in [0, 0.1) is 0 Å². The number of halogens is 3. The second-order valence-electron chi connectivity index (χ2n) is 9.04. The summed E-state index contributed by atoms with van der Waals surface area (Å²) in [4.78, 5) is 29.5. The van der Waals surface area contributed by atoms with Gasteiger partial charge in [-0.05, 0) is 18.2 Å². The summed E-state index contributed by atoms with van der Waals surface area (Å²) in [6.45, 7) is 0.408. The maximum atomic E-state index is 13.1. The van der Waals surface area contributed by atoms with E-state index in [9.17, 15) is 22.8 Å². The molecule has 2 aromatic heterocycles. The molecule has 0 aliphatic heterocycles. The molecule has 207 valence electrons. The number of fused-ring (bicyclic) bond motifs is 1. The molecule has 0 saturated heterocycles. The first-order valence-corrected chi connectivity index (χ1v) is 14.4. The van der Waals surface area contributed by atoms with Crippen molar-refractivity contribution in [1.29, 1.82) is 0 Å². The number of nitrogens with zero attached hydrogens (tertiary/aromatic N) is 3. The van der Waals surface area contributed by atoms with Crippen LogP contribution in [0.4, 0.5) is 18.9 Å². The molecule has 5 rings (SSSR count). The van der Waals surface area contributed by atoms with E-state index in [0.717, 1.165) is 33.2 Å². The molecule has 7 nitrogen and oxygen atoms in total. The Labute approximate surface area is 240 Å². The molecule has 5 aromatic rings. The molecule has 1 amide bonds. The third-order valence-electron chi connectivity index (χ3n) is 6.20. The number of hydrogen-bond donors (Lipinski definition) is 1. The number of carbonyl (C=O) groups excluding carboxylic acids is 2. The van der Waals surface area contributed by atoms with Gasteiger partial charge in [-0.2, -0.15) is 13.2 Å². The van der Waals surface area contributed by atoms with E-state index in [2.05, 4.69) is 15.4 Å². The normalized spacial score (nSPS) is 11.8. The van der Waals surface area contributed by atoms with Gasteiger partial charge in [-0.1, -0.05) is 6.07 Å². The van der Waals surface area contributed by atoms with Crippen molar-refractivity contribution in [3.8, 4) is 22.4 Å². The van der Waals surface area contributed by atoms with Crippen LogP contribution < -0.4 is 9.67 Å². The first-order chi connectivity index (χ1) is 19.7.